The number of hydrogen-bond donors (Lipinski definition) is 2. The van der Waals surface area contributed by atoms with E-state index in [1.165, 1.54) is 11.1 Å². The fraction of sp³-hybridized carbons (Fsp3) is 0.261. The number of aromatic nitrogens is 4. The van der Waals surface area contributed by atoms with Crippen molar-refractivity contribution in [1.82, 2.24) is 24.9 Å². The SMILES string of the molecule is Nc1c(C(=O)NC2CCCCC2)c2nc3ccccc3nc2n1N=Cc1cccnc1. The highest BCUT2D eigenvalue weighted by Gasteiger charge is 2.26. The minimum Gasteiger partial charge on any atom is -0.383 e. The predicted molar refractivity (Wildman–Crippen MR) is 121 cm³/mol. The summed E-state index contributed by atoms with van der Waals surface area (Å²) < 4.78 is 1.48. The second-order valence-corrected chi connectivity index (χ2v) is 7.80. The number of hydrogen-bond acceptors (Lipinski definition) is 6. The highest BCUT2D eigenvalue weighted by Crippen LogP contribution is 2.28. The maximum Gasteiger partial charge on any atom is 0.257 e. The number of benzene rings is 1. The summed E-state index contributed by atoms with van der Waals surface area (Å²) in [5.41, 5.74) is 9.89. The lowest BCUT2D eigenvalue weighted by atomic mass is 9.95. The fourth-order valence-electron chi connectivity index (χ4n) is 4.07. The number of carbonyl (C=O) groups is 1. The van der Waals surface area contributed by atoms with Crippen LogP contribution in [0.1, 0.15) is 48.0 Å². The van der Waals surface area contributed by atoms with Crippen molar-refractivity contribution in [2.75, 3.05) is 5.73 Å². The van der Waals surface area contributed by atoms with Gasteiger partial charge >= 0.3 is 0 Å². The second kappa shape index (κ2) is 8.14. The smallest absolute Gasteiger partial charge is 0.257 e. The van der Waals surface area contributed by atoms with E-state index in [1.807, 2.05) is 36.4 Å². The standard InChI is InChI=1S/C23H23N7O/c24-21-19(23(31)27-16-8-2-1-3-9-16)20-22(29-18-11-5-4-10-17(18)28-20)30(21)26-14-15-7-6-12-25-13-15/h4-7,10-14,16H,1-3,8-9,24H2,(H,27,31). The van der Waals surface area contributed by atoms with Gasteiger partial charge in [-0.3, -0.25) is 9.78 Å². The van der Waals surface area contributed by atoms with E-state index in [4.69, 9.17) is 15.7 Å². The zero-order valence-corrected chi connectivity index (χ0v) is 17.0. The summed E-state index contributed by atoms with van der Waals surface area (Å²) in [4.78, 5) is 26.8. The van der Waals surface area contributed by atoms with Gasteiger partial charge in [-0.2, -0.15) is 9.78 Å². The Kier molecular flexibility index (Phi) is 5.03. The molecule has 0 atom stereocenters. The second-order valence-electron chi connectivity index (χ2n) is 7.80. The van der Waals surface area contributed by atoms with Crippen LogP contribution in [0, 0.1) is 0 Å². The lowest BCUT2D eigenvalue weighted by Gasteiger charge is -2.22. The van der Waals surface area contributed by atoms with Gasteiger partial charge in [0.05, 0.1) is 17.2 Å². The first kappa shape index (κ1) is 19.2. The lowest BCUT2D eigenvalue weighted by molar-refractivity contribution is 0.0930. The summed E-state index contributed by atoms with van der Waals surface area (Å²) in [5, 5.41) is 7.65. The Labute approximate surface area is 179 Å². The Morgan fingerprint density at radius 2 is 1.87 bits per heavy atom. The summed E-state index contributed by atoms with van der Waals surface area (Å²) in [7, 11) is 0. The molecule has 1 amide bonds. The normalized spacial score (nSPS) is 15.1. The minimum absolute atomic E-state index is 0.159. The fourth-order valence-corrected chi connectivity index (χ4v) is 4.07. The molecule has 0 bridgehead atoms. The van der Waals surface area contributed by atoms with Crippen molar-refractivity contribution in [3.05, 3.63) is 59.9 Å². The number of fused-ring (bicyclic) bond motifs is 2. The van der Waals surface area contributed by atoms with E-state index in [1.54, 1.807) is 18.6 Å². The molecule has 156 valence electrons. The van der Waals surface area contributed by atoms with Crippen LogP contribution in [0.2, 0.25) is 0 Å². The van der Waals surface area contributed by atoms with E-state index < -0.39 is 0 Å². The molecule has 5 rings (SSSR count). The van der Waals surface area contributed by atoms with Gasteiger partial charge in [0.1, 0.15) is 16.9 Å². The lowest BCUT2D eigenvalue weighted by Crippen LogP contribution is -2.36. The third-order valence-electron chi connectivity index (χ3n) is 5.65. The molecule has 8 nitrogen and oxygen atoms in total. The van der Waals surface area contributed by atoms with Gasteiger partial charge in [-0.25, -0.2) is 9.97 Å². The van der Waals surface area contributed by atoms with Crippen LogP contribution in [0.4, 0.5) is 5.82 Å². The minimum atomic E-state index is -0.227. The van der Waals surface area contributed by atoms with Crippen LogP contribution in [0.5, 0.6) is 0 Å². The molecule has 0 aliphatic heterocycles. The molecular formula is C23H23N7O. The number of nitrogens with two attached hydrogens (primary N) is 1. The van der Waals surface area contributed by atoms with Gasteiger partial charge in [-0.05, 0) is 31.0 Å². The Morgan fingerprint density at radius 1 is 1.10 bits per heavy atom. The summed E-state index contributed by atoms with van der Waals surface area (Å²) in [6.07, 6.45) is 10.5. The molecule has 0 radical (unpaired) electrons. The molecule has 3 heterocycles. The maximum absolute atomic E-state index is 13.2. The van der Waals surface area contributed by atoms with Crippen LogP contribution in [0.25, 0.3) is 22.2 Å². The van der Waals surface area contributed by atoms with Crippen molar-refractivity contribution in [3.63, 3.8) is 0 Å². The van der Waals surface area contributed by atoms with Gasteiger partial charge in [-0.15, -0.1) is 0 Å². The Balaban J connectivity index is 1.63. The Bertz CT molecular complexity index is 1270. The molecule has 0 spiro atoms. The third kappa shape index (κ3) is 3.72. The molecule has 1 saturated carbocycles. The van der Waals surface area contributed by atoms with Crippen LogP contribution in [-0.2, 0) is 0 Å². The van der Waals surface area contributed by atoms with Crippen LogP contribution in [-0.4, -0.2) is 37.8 Å². The average Bonchev–Trinajstić information content (AvgIpc) is 3.07. The highest BCUT2D eigenvalue weighted by atomic mass is 16.1. The van der Waals surface area contributed by atoms with Gasteiger partial charge in [0.15, 0.2) is 5.65 Å². The van der Waals surface area contributed by atoms with Crippen LogP contribution >= 0.6 is 0 Å². The first-order valence-electron chi connectivity index (χ1n) is 10.5. The number of rotatable bonds is 4. The largest absolute Gasteiger partial charge is 0.383 e. The molecule has 3 N–H and O–H groups in total. The van der Waals surface area contributed by atoms with E-state index >= 15 is 0 Å². The van der Waals surface area contributed by atoms with Crippen molar-refractivity contribution < 1.29 is 4.79 Å². The predicted octanol–water partition coefficient (Wildman–Crippen LogP) is 3.51. The van der Waals surface area contributed by atoms with E-state index in [0.717, 1.165) is 31.2 Å². The molecule has 1 aromatic carbocycles. The van der Waals surface area contributed by atoms with Crippen molar-refractivity contribution in [3.8, 4) is 0 Å². The first-order chi connectivity index (χ1) is 15.2. The van der Waals surface area contributed by atoms with Crippen molar-refractivity contribution in [2.24, 2.45) is 5.10 Å². The van der Waals surface area contributed by atoms with Gasteiger partial charge in [0, 0.05) is 24.0 Å². The van der Waals surface area contributed by atoms with Crippen molar-refractivity contribution in [2.45, 2.75) is 38.1 Å². The number of carbonyl (C=O) groups excluding carboxylic acids is 1. The molecular weight excluding hydrogens is 390 g/mol. The van der Waals surface area contributed by atoms with Crippen LogP contribution < -0.4 is 11.1 Å². The van der Waals surface area contributed by atoms with Crippen LogP contribution in [0.3, 0.4) is 0 Å². The van der Waals surface area contributed by atoms with Gasteiger partial charge < -0.3 is 11.1 Å². The van der Waals surface area contributed by atoms with Gasteiger partial charge in [0.25, 0.3) is 5.91 Å². The number of anilines is 1. The maximum atomic E-state index is 13.2. The van der Waals surface area contributed by atoms with E-state index in [2.05, 4.69) is 15.4 Å². The molecule has 0 unspecified atom stereocenters. The molecule has 31 heavy (non-hydrogen) atoms. The molecule has 3 aromatic heterocycles. The molecule has 1 fully saturated rings. The quantitative estimate of drug-likeness (QED) is 0.497. The number of pyridine rings is 1. The number of para-hydroxylation sites is 2. The molecule has 0 saturated heterocycles. The number of nitrogens with one attached hydrogen (secondary N) is 1. The Hall–Kier alpha value is -3.81. The highest BCUT2D eigenvalue weighted by molar-refractivity contribution is 6.10. The summed E-state index contributed by atoms with van der Waals surface area (Å²) >= 11 is 0. The summed E-state index contributed by atoms with van der Waals surface area (Å²) in [6, 6.07) is 11.4. The average molecular weight is 413 g/mol. The Morgan fingerprint density at radius 3 is 2.61 bits per heavy atom. The van der Waals surface area contributed by atoms with Gasteiger partial charge in [0.2, 0.25) is 0 Å². The van der Waals surface area contributed by atoms with Crippen molar-refractivity contribution in [1.29, 1.82) is 0 Å². The monoisotopic (exact) mass is 413 g/mol. The van der Waals surface area contributed by atoms with E-state index in [0.29, 0.717) is 27.8 Å². The summed E-state index contributed by atoms with van der Waals surface area (Å²) in [6.45, 7) is 0. The molecule has 4 aromatic rings. The molecule has 1 aliphatic rings. The van der Waals surface area contributed by atoms with Gasteiger partial charge in [-0.1, -0.05) is 37.5 Å². The molecule has 8 heteroatoms. The van der Waals surface area contributed by atoms with E-state index in [9.17, 15) is 4.79 Å². The zero-order chi connectivity index (χ0) is 21.2. The van der Waals surface area contributed by atoms with E-state index in [-0.39, 0.29) is 17.8 Å². The number of nitrogen functional groups attached to an aromatic ring is 1. The number of amides is 1. The number of nitrogens with zero attached hydrogens (tertiary/aromatic N) is 5. The molecule has 1 aliphatic carbocycles. The topological polar surface area (TPSA) is 111 Å². The van der Waals surface area contributed by atoms with Crippen molar-refractivity contribution >= 4 is 40.1 Å². The third-order valence-corrected chi connectivity index (χ3v) is 5.65. The summed E-state index contributed by atoms with van der Waals surface area (Å²) in [5.74, 6) is -0.00642. The van der Waals surface area contributed by atoms with Crippen LogP contribution in [0.15, 0.2) is 53.9 Å². The first-order valence-corrected chi connectivity index (χ1v) is 10.5. The zero-order valence-electron chi connectivity index (χ0n) is 17.0.